The Bertz CT molecular complexity index is 920. The first-order valence-electron chi connectivity index (χ1n) is 10.1. The van der Waals surface area contributed by atoms with Gasteiger partial charge in [-0.1, -0.05) is 60.7 Å². The van der Waals surface area contributed by atoms with Gasteiger partial charge in [0.25, 0.3) is 5.91 Å². The standard InChI is InChI=1S/C25H26N2O4/c1-30-25(29)27-21-12-14-22(15-13-21)31-18-24(28)26-17-16-23(19-8-4-2-5-9-19)20-10-6-3-7-11-20/h2-15,23H,16-18H2,1H3,(H,26,28)(H,27,29). The molecule has 6 heteroatoms. The molecule has 0 atom stereocenters. The molecule has 0 aromatic heterocycles. The Morgan fingerprint density at radius 3 is 1.97 bits per heavy atom. The van der Waals surface area contributed by atoms with Crippen molar-refractivity contribution in [1.29, 1.82) is 0 Å². The predicted molar refractivity (Wildman–Crippen MR) is 120 cm³/mol. The van der Waals surface area contributed by atoms with E-state index in [9.17, 15) is 9.59 Å². The van der Waals surface area contributed by atoms with Crippen molar-refractivity contribution in [1.82, 2.24) is 5.32 Å². The zero-order chi connectivity index (χ0) is 21.9. The first kappa shape index (κ1) is 21.9. The van der Waals surface area contributed by atoms with Crippen LogP contribution >= 0.6 is 0 Å². The maximum Gasteiger partial charge on any atom is 0.411 e. The van der Waals surface area contributed by atoms with Gasteiger partial charge in [0.15, 0.2) is 6.61 Å². The molecule has 0 radical (unpaired) electrons. The molecule has 0 fully saturated rings. The number of methoxy groups -OCH3 is 1. The molecule has 160 valence electrons. The van der Waals surface area contributed by atoms with Gasteiger partial charge < -0.3 is 14.8 Å². The van der Waals surface area contributed by atoms with Crippen LogP contribution in [0.15, 0.2) is 84.9 Å². The Balaban J connectivity index is 1.48. The lowest BCUT2D eigenvalue weighted by Crippen LogP contribution is -2.30. The van der Waals surface area contributed by atoms with Gasteiger partial charge in [0.2, 0.25) is 0 Å². The Morgan fingerprint density at radius 2 is 1.42 bits per heavy atom. The van der Waals surface area contributed by atoms with Crippen molar-refractivity contribution >= 4 is 17.7 Å². The maximum atomic E-state index is 12.2. The van der Waals surface area contributed by atoms with Crippen LogP contribution in [0, 0.1) is 0 Å². The number of hydrogen-bond donors (Lipinski definition) is 2. The van der Waals surface area contributed by atoms with Gasteiger partial charge in [-0.25, -0.2) is 4.79 Å². The molecule has 0 saturated carbocycles. The number of carbonyl (C=O) groups excluding carboxylic acids is 2. The molecule has 0 saturated heterocycles. The van der Waals surface area contributed by atoms with Crippen LogP contribution in [0.1, 0.15) is 23.5 Å². The number of hydrogen-bond acceptors (Lipinski definition) is 4. The number of benzene rings is 3. The smallest absolute Gasteiger partial charge is 0.411 e. The Hall–Kier alpha value is -3.80. The summed E-state index contributed by atoms with van der Waals surface area (Å²) in [7, 11) is 1.30. The fraction of sp³-hybridized carbons (Fsp3) is 0.200. The first-order chi connectivity index (χ1) is 15.2. The summed E-state index contributed by atoms with van der Waals surface area (Å²) in [5, 5.41) is 5.48. The summed E-state index contributed by atoms with van der Waals surface area (Å²) in [6.07, 6.45) is 0.241. The number of ether oxygens (including phenoxy) is 2. The number of amides is 2. The van der Waals surface area contributed by atoms with Crippen molar-refractivity contribution in [2.45, 2.75) is 12.3 Å². The van der Waals surface area contributed by atoms with E-state index in [-0.39, 0.29) is 18.4 Å². The average molecular weight is 418 g/mol. The first-order valence-corrected chi connectivity index (χ1v) is 10.1. The predicted octanol–water partition coefficient (Wildman–Crippen LogP) is 4.58. The molecule has 0 bridgehead atoms. The molecule has 0 aliphatic carbocycles. The Morgan fingerprint density at radius 1 is 0.839 bits per heavy atom. The normalized spacial score (nSPS) is 10.4. The summed E-state index contributed by atoms with van der Waals surface area (Å²) in [5.74, 6) is 0.562. The second-order valence-electron chi connectivity index (χ2n) is 6.94. The van der Waals surface area contributed by atoms with Gasteiger partial charge in [-0.3, -0.25) is 10.1 Å². The van der Waals surface area contributed by atoms with E-state index in [0.29, 0.717) is 18.0 Å². The summed E-state index contributed by atoms with van der Waals surface area (Å²) in [4.78, 5) is 23.4. The molecule has 3 rings (SSSR count). The molecule has 2 N–H and O–H groups in total. The highest BCUT2D eigenvalue weighted by Crippen LogP contribution is 2.27. The second-order valence-corrected chi connectivity index (χ2v) is 6.94. The third kappa shape index (κ3) is 6.89. The van der Waals surface area contributed by atoms with Gasteiger partial charge in [-0.15, -0.1) is 0 Å². The minimum Gasteiger partial charge on any atom is -0.484 e. The lowest BCUT2D eigenvalue weighted by atomic mass is 9.88. The van der Waals surface area contributed by atoms with Crippen molar-refractivity contribution in [3.8, 4) is 5.75 Å². The monoisotopic (exact) mass is 418 g/mol. The molecule has 3 aromatic rings. The molecule has 0 unspecified atom stereocenters. The van der Waals surface area contributed by atoms with E-state index in [0.717, 1.165) is 6.42 Å². The molecular formula is C25H26N2O4. The van der Waals surface area contributed by atoms with Crippen molar-refractivity contribution in [3.63, 3.8) is 0 Å². The SMILES string of the molecule is COC(=O)Nc1ccc(OCC(=O)NCCC(c2ccccc2)c2ccccc2)cc1. The zero-order valence-electron chi connectivity index (χ0n) is 17.4. The van der Waals surface area contributed by atoms with E-state index in [1.165, 1.54) is 18.2 Å². The lowest BCUT2D eigenvalue weighted by molar-refractivity contribution is -0.123. The zero-order valence-corrected chi connectivity index (χ0v) is 17.4. The van der Waals surface area contributed by atoms with E-state index in [2.05, 4.69) is 39.6 Å². The van der Waals surface area contributed by atoms with Crippen LogP contribution < -0.4 is 15.4 Å². The van der Waals surface area contributed by atoms with Gasteiger partial charge in [0.05, 0.1) is 7.11 Å². The van der Waals surface area contributed by atoms with Crippen molar-refractivity contribution in [3.05, 3.63) is 96.1 Å². The quantitative estimate of drug-likeness (QED) is 0.533. The summed E-state index contributed by atoms with van der Waals surface area (Å²) >= 11 is 0. The largest absolute Gasteiger partial charge is 0.484 e. The summed E-state index contributed by atoms with van der Waals surface area (Å²) < 4.78 is 10.1. The minimum atomic E-state index is -0.544. The van der Waals surface area contributed by atoms with Crippen LogP contribution in [0.25, 0.3) is 0 Å². The van der Waals surface area contributed by atoms with Crippen LogP contribution in [0.3, 0.4) is 0 Å². The number of anilines is 1. The summed E-state index contributed by atoms with van der Waals surface area (Å²) in [5.41, 5.74) is 3.02. The minimum absolute atomic E-state index is 0.0783. The summed E-state index contributed by atoms with van der Waals surface area (Å²) in [6.45, 7) is 0.462. The van der Waals surface area contributed by atoms with E-state index in [1.807, 2.05) is 36.4 Å². The van der Waals surface area contributed by atoms with Crippen molar-refractivity contribution < 1.29 is 19.1 Å². The third-order valence-corrected chi connectivity index (χ3v) is 4.82. The van der Waals surface area contributed by atoms with Crippen LogP contribution in [-0.2, 0) is 9.53 Å². The molecule has 3 aromatic carbocycles. The summed E-state index contributed by atoms with van der Waals surface area (Å²) in [6, 6.07) is 27.3. The molecular weight excluding hydrogens is 392 g/mol. The van der Waals surface area contributed by atoms with Gasteiger partial charge in [0, 0.05) is 18.2 Å². The van der Waals surface area contributed by atoms with Gasteiger partial charge in [0.1, 0.15) is 5.75 Å². The van der Waals surface area contributed by atoms with Gasteiger partial charge in [-0.2, -0.15) is 0 Å². The molecule has 6 nitrogen and oxygen atoms in total. The van der Waals surface area contributed by atoms with E-state index < -0.39 is 6.09 Å². The molecule has 0 spiro atoms. The van der Waals surface area contributed by atoms with Crippen LogP contribution in [0.4, 0.5) is 10.5 Å². The van der Waals surface area contributed by atoms with Gasteiger partial charge in [-0.05, 0) is 41.8 Å². The highest BCUT2D eigenvalue weighted by atomic mass is 16.5. The average Bonchev–Trinajstić information content (AvgIpc) is 2.82. The van der Waals surface area contributed by atoms with E-state index in [1.54, 1.807) is 24.3 Å². The second kappa shape index (κ2) is 11.4. The maximum absolute atomic E-state index is 12.2. The topological polar surface area (TPSA) is 76.7 Å². The van der Waals surface area contributed by atoms with Crippen LogP contribution in [-0.4, -0.2) is 32.3 Å². The highest BCUT2D eigenvalue weighted by Gasteiger charge is 2.14. The number of nitrogens with one attached hydrogen (secondary N) is 2. The Labute approximate surface area is 182 Å². The Kier molecular flexibility index (Phi) is 8.05. The van der Waals surface area contributed by atoms with Crippen LogP contribution in [0.2, 0.25) is 0 Å². The lowest BCUT2D eigenvalue weighted by Gasteiger charge is -2.18. The highest BCUT2D eigenvalue weighted by molar-refractivity contribution is 5.84. The van der Waals surface area contributed by atoms with Crippen LogP contribution in [0.5, 0.6) is 5.75 Å². The van der Waals surface area contributed by atoms with E-state index in [4.69, 9.17) is 4.74 Å². The fourth-order valence-electron chi connectivity index (χ4n) is 3.26. The number of carbonyl (C=O) groups is 2. The molecule has 0 aliphatic heterocycles. The van der Waals surface area contributed by atoms with Gasteiger partial charge >= 0.3 is 6.09 Å². The molecule has 2 amide bonds. The van der Waals surface area contributed by atoms with E-state index >= 15 is 0 Å². The van der Waals surface area contributed by atoms with Crippen molar-refractivity contribution in [2.75, 3.05) is 25.6 Å². The number of rotatable bonds is 9. The van der Waals surface area contributed by atoms with Crippen molar-refractivity contribution in [2.24, 2.45) is 0 Å². The molecule has 31 heavy (non-hydrogen) atoms. The molecule has 0 aliphatic rings. The fourth-order valence-corrected chi connectivity index (χ4v) is 3.26. The molecule has 0 heterocycles. The third-order valence-electron chi connectivity index (χ3n) is 4.82.